The molecule has 0 N–H and O–H groups in total. The van der Waals surface area contributed by atoms with Crippen LogP contribution in [0.3, 0.4) is 0 Å². The van der Waals surface area contributed by atoms with Gasteiger partial charge in [-0.3, -0.25) is 0 Å². The first-order valence-corrected chi connectivity index (χ1v) is 4.10. The van der Waals surface area contributed by atoms with E-state index in [1.54, 1.807) is 0 Å². The van der Waals surface area contributed by atoms with Crippen LogP contribution in [0.15, 0.2) is 23.3 Å². The Labute approximate surface area is 63.6 Å². The van der Waals surface area contributed by atoms with Crippen LogP contribution in [0.1, 0.15) is 33.6 Å². The Morgan fingerprint density at radius 3 is 2.70 bits per heavy atom. The van der Waals surface area contributed by atoms with Gasteiger partial charge in [0, 0.05) is 0 Å². The molecule has 0 aromatic rings. The number of hydrogen-bond acceptors (Lipinski definition) is 0. The summed E-state index contributed by atoms with van der Waals surface area (Å²) in [7, 11) is 0. The SMILES string of the molecule is CCC(C)C=C1C=C(C)C1. The average molecular weight is 136 g/mol. The van der Waals surface area contributed by atoms with E-state index in [1.807, 2.05) is 0 Å². The molecule has 0 aliphatic heterocycles. The molecule has 0 bridgehead atoms. The van der Waals surface area contributed by atoms with Gasteiger partial charge in [0.1, 0.15) is 0 Å². The fraction of sp³-hybridized carbons (Fsp3) is 0.600. The molecule has 0 fully saturated rings. The smallest absolute Gasteiger partial charge is 0.00697 e. The summed E-state index contributed by atoms with van der Waals surface area (Å²) in [6, 6.07) is 0. The summed E-state index contributed by atoms with van der Waals surface area (Å²) in [5.41, 5.74) is 3.06. The second-order valence-corrected chi connectivity index (χ2v) is 3.29. The van der Waals surface area contributed by atoms with Crippen molar-refractivity contribution >= 4 is 0 Å². The van der Waals surface area contributed by atoms with E-state index < -0.39 is 0 Å². The maximum atomic E-state index is 2.38. The second kappa shape index (κ2) is 3.05. The molecule has 1 unspecified atom stereocenters. The Balaban J connectivity index is 2.44. The predicted molar refractivity (Wildman–Crippen MR) is 45.9 cm³/mol. The van der Waals surface area contributed by atoms with Crippen molar-refractivity contribution in [2.75, 3.05) is 0 Å². The molecule has 0 heterocycles. The van der Waals surface area contributed by atoms with E-state index in [0.29, 0.717) is 0 Å². The highest BCUT2D eigenvalue weighted by Crippen LogP contribution is 2.25. The molecule has 1 aliphatic carbocycles. The van der Waals surface area contributed by atoms with Gasteiger partial charge in [-0.1, -0.05) is 38.0 Å². The first-order valence-electron chi connectivity index (χ1n) is 4.10. The molecule has 1 aliphatic rings. The minimum atomic E-state index is 0.763. The zero-order valence-electron chi connectivity index (χ0n) is 7.15. The standard InChI is InChI=1S/C10H16/c1-4-8(2)5-10-6-9(3)7-10/h5-6,8H,4,7H2,1-3H3. The molecule has 0 saturated carbocycles. The molecular formula is C10H16. The lowest BCUT2D eigenvalue weighted by Crippen LogP contribution is -1.97. The van der Waals surface area contributed by atoms with Crippen LogP contribution in [0.2, 0.25) is 0 Å². The van der Waals surface area contributed by atoms with Gasteiger partial charge in [-0.2, -0.15) is 0 Å². The quantitative estimate of drug-likeness (QED) is 0.546. The van der Waals surface area contributed by atoms with Crippen molar-refractivity contribution in [1.82, 2.24) is 0 Å². The van der Waals surface area contributed by atoms with Gasteiger partial charge in [-0.05, 0) is 24.8 Å². The molecule has 0 spiro atoms. The van der Waals surface area contributed by atoms with Crippen molar-refractivity contribution in [3.63, 3.8) is 0 Å². The van der Waals surface area contributed by atoms with Crippen LogP contribution >= 0.6 is 0 Å². The summed E-state index contributed by atoms with van der Waals surface area (Å²) < 4.78 is 0. The molecule has 0 radical (unpaired) electrons. The summed E-state index contributed by atoms with van der Waals surface area (Å²) in [6.45, 7) is 6.69. The van der Waals surface area contributed by atoms with Crippen LogP contribution < -0.4 is 0 Å². The third-order valence-corrected chi connectivity index (χ3v) is 2.06. The highest BCUT2D eigenvalue weighted by molar-refractivity contribution is 5.37. The van der Waals surface area contributed by atoms with E-state index in [4.69, 9.17) is 0 Å². The van der Waals surface area contributed by atoms with Crippen molar-refractivity contribution in [3.05, 3.63) is 23.3 Å². The van der Waals surface area contributed by atoms with Crippen molar-refractivity contribution in [2.24, 2.45) is 5.92 Å². The van der Waals surface area contributed by atoms with E-state index in [-0.39, 0.29) is 0 Å². The second-order valence-electron chi connectivity index (χ2n) is 3.29. The largest absolute Gasteiger partial charge is 0.0782 e. The lowest BCUT2D eigenvalue weighted by atomic mass is 9.91. The van der Waals surface area contributed by atoms with Gasteiger partial charge in [0.2, 0.25) is 0 Å². The molecule has 0 saturated heterocycles. The molecule has 1 rings (SSSR count). The van der Waals surface area contributed by atoms with E-state index >= 15 is 0 Å². The van der Waals surface area contributed by atoms with Gasteiger partial charge in [0.05, 0.1) is 0 Å². The molecule has 0 nitrogen and oxygen atoms in total. The number of allylic oxidation sites excluding steroid dienone is 4. The van der Waals surface area contributed by atoms with Crippen molar-refractivity contribution in [1.29, 1.82) is 0 Å². The monoisotopic (exact) mass is 136 g/mol. The Kier molecular flexibility index (Phi) is 2.31. The van der Waals surface area contributed by atoms with Gasteiger partial charge < -0.3 is 0 Å². The summed E-state index contributed by atoms with van der Waals surface area (Å²) in [4.78, 5) is 0. The van der Waals surface area contributed by atoms with Crippen LogP contribution in [-0.2, 0) is 0 Å². The first kappa shape index (κ1) is 7.59. The Bertz CT molecular complexity index is 172. The number of rotatable bonds is 2. The minimum Gasteiger partial charge on any atom is -0.0782 e. The molecular weight excluding hydrogens is 120 g/mol. The molecule has 0 amide bonds. The maximum Gasteiger partial charge on any atom is -0.00697 e. The van der Waals surface area contributed by atoms with Gasteiger partial charge in [-0.25, -0.2) is 0 Å². The maximum absolute atomic E-state index is 2.38. The van der Waals surface area contributed by atoms with E-state index in [1.165, 1.54) is 24.0 Å². The van der Waals surface area contributed by atoms with Crippen LogP contribution in [0.4, 0.5) is 0 Å². The zero-order valence-corrected chi connectivity index (χ0v) is 7.15. The highest BCUT2D eigenvalue weighted by atomic mass is 14.1. The van der Waals surface area contributed by atoms with Crippen molar-refractivity contribution < 1.29 is 0 Å². The van der Waals surface area contributed by atoms with Crippen molar-refractivity contribution in [2.45, 2.75) is 33.6 Å². The third-order valence-electron chi connectivity index (χ3n) is 2.06. The topological polar surface area (TPSA) is 0 Å². The first-order chi connectivity index (χ1) is 4.72. The van der Waals surface area contributed by atoms with Gasteiger partial charge in [0.25, 0.3) is 0 Å². The normalized spacial score (nSPS) is 23.9. The molecule has 10 heavy (non-hydrogen) atoms. The third kappa shape index (κ3) is 1.73. The molecule has 1 atom stereocenters. The van der Waals surface area contributed by atoms with Gasteiger partial charge in [-0.15, -0.1) is 0 Å². The molecule has 0 heteroatoms. The highest BCUT2D eigenvalue weighted by Gasteiger charge is 2.07. The molecule has 0 aromatic carbocycles. The van der Waals surface area contributed by atoms with Crippen LogP contribution in [0.25, 0.3) is 0 Å². The number of hydrogen-bond donors (Lipinski definition) is 0. The van der Waals surface area contributed by atoms with E-state index in [2.05, 4.69) is 32.9 Å². The molecule has 0 aromatic heterocycles. The molecule has 56 valence electrons. The average Bonchev–Trinajstić information content (AvgIpc) is 1.84. The van der Waals surface area contributed by atoms with E-state index in [9.17, 15) is 0 Å². The van der Waals surface area contributed by atoms with Crippen LogP contribution in [-0.4, -0.2) is 0 Å². The van der Waals surface area contributed by atoms with Gasteiger partial charge in [0.15, 0.2) is 0 Å². The fourth-order valence-corrected chi connectivity index (χ4v) is 1.20. The predicted octanol–water partition coefficient (Wildman–Crippen LogP) is 3.31. The van der Waals surface area contributed by atoms with Crippen LogP contribution in [0.5, 0.6) is 0 Å². The Morgan fingerprint density at radius 1 is 1.70 bits per heavy atom. The Hall–Kier alpha value is -0.520. The minimum absolute atomic E-state index is 0.763. The lowest BCUT2D eigenvalue weighted by molar-refractivity contribution is 0.690. The van der Waals surface area contributed by atoms with Crippen molar-refractivity contribution in [3.8, 4) is 0 Å². The van der Waals surface area contributed by atoms with Crippen LogP contribution in [0, 0.1) is 5.92 Å². The zero-order chi connectivity index (χ0) is 7.56. The summed E-state index contributed by atoms with van der Waals surface area (Å²) in [5.74, 6) is 0.763. The summed E-state index contributed by atoms with van der Waals surface area (Å²) >= 11 is 0. The summed E-state index contributed by atoms with van der Waals surface area (Å²) in [6.07, 6.45) is 7.15. The lowest BCUT2D eigenvalue weighted by Gasteiger charge is -2.15. The fourth-order valence-electron chi connectivity index (χ4n) is 1.20. The Morgan fingerprint density at radius 2 is 2.30 bits per heavy atom. The van der Waals surface area contributed by atoms with E-state index in [0.717, 1.165) is 5.92 Å². The summed E-state index contributed by atoms with van der Waals surface area (Å²) in [5, 5.41) is 0. The van der Waals surface area contributed by atoms with Gasteiger partial charge >= 0.3 is 0 Å².